The Kier molecular flexibility index (Phi) is 2.52. The van der Waals surface area contributed by atoms with Gasteiger partial charge in [-0.3, -0.25) is 4.42 Å². The summed E-state index contributed by atoms with van der Waals surface area (Å²) >= 11 is 0. The lowest BCUT2D eigenvalue weighted by Crippen LogP contribution is -2.13. The summed E-state index contributed by atoms with van der Waals surface area (Å²) in [4.78, 5) is 0. The van der Waals surface area contributed by atoms with Gasteiger partial charge in [-0.1, -0.05) is 30.3 Å². The standard InChI is InChI=1S/C16H15O/c1-12(13-5-3-2-4-6-13)14-7-8-16-15(11-14)9-10-17-16/h2-8,11H,9-10H2,1H3/q+1/b14-12+. The van der Waals surface area contributed by atoms with E-state index in [1.165, 1.54) is 21.9 Å². The molecule has 1 heterocycles. The van der Waals surface area contributed by atoms with Crippen molar-refractivity contribution in [2.24, 2.45) is 0 Å². The van der Waals surface area contributed by atoms with Crippen LogP contribution in [-0.4, -0.2) is 6.61 Å². The van der Waals surface area contributed by atoms with Crippen molar-refractivity contribution in [1.29, 1.82) is 0 Å². The molecule has 17 heavy (non-hydrogen) atoms. The molecule has 0 aromatic heterocycles. The first-order chi connectivity index (χ1) is 8.34. The maximum absolute atomic E-state index is 5.53. The molecule has 0 N–H and O–H groups in total. The molecule has 0 fully saturated rings. The van der Waals surface area contributed by atoms with Crippen LogP contribution in [-0.2, 0) is 6.42 Å². The fourth-order valence-corrected chi connectivity index (χ4v) is 2.27. The van der Waals surface area contributed by atoms with Crippen LogP contribution < -0.4 is 10.6 Å². The number of benzene rings is 2. The summed E-state index contributed by atoms with van der Waals surface area (Å²) in [5.41, 5.74) is 4.99. The van der Waals surface area contributed by atoms with E-state index in [9.17, 15) is 0 Å². The molecule has 0 unspecified atom stereocenters. The van der Waals surface area contributed by atoms with E-state index in [0.717, 1.165) is 18.5 Å². The number of hydrogen-bond acceptors (Lipinski definition) is 0. The van der Waals surface area contributed by atoms with Crippen LogP contribution in [0.4, 0.5) is 0 Å². The van der Waals surface area contributed by atoms with Crippen molar-refractivity contribution in [3.63, 3.8) is 0 Å². The predicted octanol–water partition coefficient (Wildman–Crippen LogP) is 2.08. The van der Waals surface area contributed by atoms with Gasteiger partial charge in [-0.25, -0.2) is 0 Å². The summed E-state index contributed by atoms with van der Waals surface area (Å²) in [5.74, 6) is 0. The van der Waals surface area contributed by atoms with Gasteiger partial charge in [0.05, 0.1) is 12.0 Å². The minimum absolute atomic E-state index is 0.823. The van der Waals surface area contributed by atoms with Crippen molar-refractivity contribution in [1.82, 2.24) is 0 Å². The molecule has 84 valence electrons. The molecule has 0 saturated heterocycles. The van der Waals surface area contributed by atoms with Crippen LogP contribution in [0.2, 0.25) is 0 Å². The fraction of sp³-hybridized carbons (Fsp3) is 0.188. The third kappa shape index (κ3) is 1.89. The number of hydrogen-bond donors (Lipinski definition) is 0. The van der Waals surface area contributed by atoms with E-state index < -0.39 is 0 Å². The Morgan fingerprint density at radius 1 is 1.06 bits per heavy atom. The van der Waals surface area contributed by atoms with Gasteiger partial charge in [0.25, 0.3) is 6.61 Å². The lowest BCUT2D eigenvalue weighted by atomic mass is 10.0. The number of fused-ring (bicyclic) bond motifs is 1. The van der Waals surface area contributed by atoms with E-state index in [1.54, 1.807) is 0 Å². The average molecular weight is 223 g/mol. The highest BCUT2D eigenvalue weighted by molar-refractivity contribution is 5.63. The van der Waals surface area contributed by atoms with Crippen LogP contribution in [0.1, 0.15) is 18.1 Å². The third-order valence-electron chi connectivity index (χ3n) is 3.33. The van der Waals surface area contributed by atoms with E-state index in [0.29, 0.717) is 0 Å². The lowest BCUT2D eigenvalue weighted by Gasteiger charge is -2.00. The maximum atomic E-state index is 5.53. The monoisotopic (exact) mass is 223 g/mol. The van der Waals surface area contributed by atoms with Crippen molar-refractivity contribution in [3.8, 4) is 0 Å². The van der Waals surface area contributed by atoms with Gasteiger partial charge in [-0.2, -0.15) is 0 Å². The Bertz CT molecular complexity index is 654. The molecule has 1 nitrogen and oxygen atoms in total. The largest absolute Gasteiger partial charge is 0.347 e. The summed E-state index contributed by atoms with van der Waals surface area (Å²) in [7, 11) is 0. The minimum Gasteiger partial charge on any atom is -0.254 e. The Morgan fingerprint density at radius 2 is 1.88 bits per heavy atom. The van der Waals surface area contributed by atoms with Crippen LogP contribution in [0.25, 0.3) is 5.57 Å². The van der Waals surface area contributed by atoms with E-state index >= 15 is 0 Å². The van der Waals surface area contributed by atoms with Gasteiger partial charge in [0.1, 0.15) is 0 Å². The molecule has 1 heteroatoms. The van der Waals surface area contributed by atoms with Crippen LogP contribution in [0, 0.1) is 0 Å². The van der Waals surface area contributed by atoms with Crippen molar-refractivity contribution in [2.75, 3.05) is 6.61 Å². The first kappa shape index (κ1) is 10.3. The molecule has 0 saturated carbocycles. The molecule has 2 aromatic rings. The fourth-order valence-electron chi connectivity index (χ4n) is 2.27. The van der Waals surface area contributed by atoms with Crippen LogP contribution in [0.15, 0.2) is 53.0 Å². The van der Waals surface area contributed by atoms with Gasteiger partial charge in [-0.05, 0) is 35.4 Å². The number of rotatable bonds is 1. The molecule has 0 bridgehead atoms. The summed E-state index contributed by atoms with van der Waals surface area (Å²) in [5, 5.41) is 1.29. The zero-order valence-electron chi connectivity index (χ0n) is 9.94. The average Bonchev–Trinajstić information content (AvgIpc) is 2.86. The Morgan fingerprint density at radius 3 is 2.71 bits per heavy atom. The van der Waals surface area contributed by atoms with Crippen LogP contribution >= 0.6 is 0 Å². The molecular weight excluding hydrogens is 208 g/mol. The van der Waals surface area contributed by atoms with Crippen LogP contribution in [0.5, 0.6) is 0 Å². The second-order valence-corrected chi connectivity index (χ2v) is 4.41. The van der Waals surface area contributed by atoms with Crippen molar-refractivity contribution < 1.29 is 0 Å². The van der Waals surface area contributed by atoms with Gasteiger partial charge >= 0.3 is 5.43 Å². The normalized spacial score (nSPS) is 15.1. The molecule has 3 rings (SSSR count). The van der Waals surface area contributed by atoms with Gasteiger partial charge in [-0.15, -0.1) is 0 Å². The molecule has 2 aromatic carbocycles. The van der Waals surface area contributed by atoms with Gasteiger partial charge in [0, 0.05) is 6.07 Å². The predicted molar refractivity (Wildman–Crippen MR) is 71.1 cm³/mol. The van der Waals surface area contributed by atoms with E-state index in [-0.39, 0.29) is 0 Å². The molecule has 0 aliphatic carbocycles. The summed E-state index contributed by atoms with van der Waals surface area (Å²) in [6, 6.07) is 17.0. The summed E-state index contributed by atoms with van der Waals surface area (Å²) in [6.07, 6.45) is 1.03. The first-order valence-corrected chi connectivity index (χ1v) is 6.00. The van der Waals surface area contributed by atoms with E-state index in [1.807, 2.05) is 6.07 Å². The zero-order chi connectivity index (χ0) is 11.7. The van der Waals surface area contributed by atoms with Gasteiger partial charge in [0.2, 0.25) is 0 Å². The second kappa shape index (κ2) is 4.17. The quantitative estimate of drug-likeness (QED) is 0.656. The van der Waals surface area contributed by atoms with Crippen molar-refractivity contribution in [3.05, 3.63) is 74.7 Å². The molecule has 0 radical (unpaired) electrons. The van der Waals surface area contributed by atoms with E-state index in [4.69, 9.17) is 4.42 Å². The topological polar surface area (TPSA) is 11.3 Å². The van der Waals surface area contributed by atoms with Gasteiger partial charge in [0.15, 0.2) is 0 Å². The molecule has 1 aliphatic rings. The first-order valence-electron chi connectivity index (χ1n) is 6.00. The van der Waals surface area contributed by atoms with E-state index in [2.05, 4.69) is 49.4 Å². The molecule has 1 aliphatic heterocycles. The third-order valence-corrected chi connectivity index (χ3v) is 3.33. The Balaban J connectivity index is 2.19. The second-order valence-electron chi connectivity index (χ2n) is 4.41. The highest BCUT2D eigenvalue weighted by atomic mass is 16.4. The Labute approximate surface area is 101 Å². The van der Waals surface area contributed by atoms with Gasteiger partial charge < -0.3 is 0 Å². The minimum atomic E-state index is 0.823. The smallest absolute Gasteiger partial charge is 0.254 e. The summed E-state index contributed by atoms with van der Waals surface area (Å²) in [6.45, 7) is 3.00. The zero-order valence-corrected chi connectivity index (χ0v) is 9.94. The maximum Gasteiger partial charge on any atom is 0.347 e. The van der Waals surface area contributed by atoms with Crippen molar-refractivity contribution >= 4 is 5.57 Å². The molecule has 0 spiro atoms. The molecular formula is C16H15O+. The molecule has 0 amide bonds. The molecule has 0 atom stereocenters. The lowest BCUT2D eigenvalue weighted by molar-refractivity contribution is 1.11. The Hall–Kier alpha value is -1.89. The van der Waals surface area contributed by atoms with Crippen LogP contribution in [0.3, 0.4) is 0 Å². The summed E-state index contributed by atoms with van der Waals surface area (Å²) < 4.78 is 5.53. The van der Waals surface area contributed by atoms with Crippen molar-refractivity contribution in [2.45, 2.75) is 13.3 Å². The highest BCUT2D eigenvalue weighted by Crippen LogP contribution is 2.09. The SMILES string of the molecule is C/C(c1ccccc1)=c1/ccc2c(c1)CC[O+]=2. The highest BCUT2D eigenvalue weighted by Gasteiger charge is 2.14.